The Bertz CT molecular complexity index is 1160. The number of sulfone groups is 1. The molecule has 3 aromatic rings. The van der Waals surface area contributed by atoms with E-state index in [1.54, 1.807) is 18.2 Å². The number of amides is 1. The van der Waals surface area contributed by atoms with Gasteiger partial charge in [-0.25, -0.2) is 13.4 Å². The van der Waals surface area contributed by atoms with Gasteiger partial charge in [-0.2, -0.15) is 0 Å². The average Bonchev–Trinajstić information content (AvgIpc) is 3.17. The fraction of sp³-hybridized carbons (Fsp3) is 0.364. The van der Waals surface area contributed by atoms with Gasteiger partial charge in [-0.15, -0.1) is 0 Å². The molecule has 0 unspecified atom stereocenters. The summed E-state index contributed by atoms with van der Waals surface area (Å²) < 4.78 is 32.0. The molecular weight excluding hydrogens is 434 g/mol. The van der Waals surface area contributed by atoms with Gasteiger partial charge in [-0.1, -0.05) is 35.6 Å². The molecule has 1 amide bonds. The Morgan fingerprint density at radius 2 is 1.90 bits per heavy atom. The average molecular weight is 460 g/mol. The molecule has 0 saturated carbocycles. The van der Waals surface area contributed by atoms with Crippen LogP contribution in [0, 0.1) is 6.92 Å². The number of morpholine rings is 1. The van der Waals surface area contributed by atoms with Crippen molar-refractivity contribution in [2.45, 2.75) is 11.8 Å². The third kappa shape index (κ3) is 5.30. The molecule has 1 aliphatic rings. The van der Waals surface area contributed by atoms with E-state index in [1.807, 2.05) is 25.1 Å². The Kier molecular flexibility index (Phi) is 6.66. The largest absolute Gasteiger partial charge is 0.379 e. The van der Waals surface area contributed by atoms with Gasteiger partial charge in [0.05, 0.1) is 28.3 Å². The van der Waals surface area contributed by atoms with Crippen LogP contribution < -0.4 is 4.90 Å². The molecule has 0 bridgehead atoms. The highest BCUT2D eigenvalue weighted by atomic mass is 32.2. The smallest absolute Gasteiger partial charge is 0.244 e. The molecule has 0 atom stereocenters. The third-order valence-corrected chi connectivity index (χ3v) is 7.88. The maximum atomic E-state index is 13.2. The van der Waals surface area contributed by atoms with Crippen molar-refractivity contribution in [3.05, 3.63) is 54.1 Å². The second-order valence-electron chi connectivity index (χ2n) is 7.54. The molecule has 2 aromatic carbocycles. The van der Waals surface area contributed by atoms with Gasteiger partial charge in [0.1, 0.15) is 5.75 Å². The van der Waals surface area contributed by atoms with Gasteiger partial charge in [-0.05, 0) is 36.8 Å². The summed E-state index contributed by atoms with van der Waals surface area (Å²) in [7, 11) is -3.74. The van der Waals surface area contributed by atoms with E-state index in [0.717, 1.165) is 28.9 Å². The van der Waals surface area contributed by atoms with Crippen LogP contribution in [0.4, 0.5) is 5.13 Å². The molecule has 7 nitrogen and oxygen atoms in total. The maximum absolute atomic E-state index is 13.2. The fourth-order valence-corrected chi connectivity index (χ4v) is 5.81. The van der Waals surface area contributed by atoms with E-state index >= 15 is 0 Å². The third-order valence-electron chi connectivity index (χ3n) is 5.22. The first-order valence-corrected chi connectivity index (χ1v) is 12.6. The Hall–Kier alpha value is -2.33. The number of thiazole rings is 1. The minimum Gasteiger partial charge on any atom is -0.379 e. The zero-order chi connectivity index (χ0) is 21.8. The van der Waals surface area contributed by atoms with Crippen molar-refractivity contribution in [2.75, 3.05) is 50.0 Å². The molecule has 1 aromatic heterocycles. The zero-order valence-corrected chi connectivity index (χ0v) is 19.0. The van der Waals surface area contributed by atoms with Crippen molar-refractivity contribution in [3.63, 3.8) is 0 Å². The Labute approximate surface area is 186 Å². The first-order valence-electron chi connectivity index (χ1n) is 10.2. The van der Waals surface area contributed by atoms with Gasteiger partial charge in [0.2, 0.25) is 5.91 Å². The minimum absolute atomic E-state index is 0.149. The number of anilines is 1. The molecule has 9 heteroatoms. The van der Waals surface area contributed by atoms with Crippen LogP contribution in [0.3, 0.4) is 0 Å². The first-order chi connectivity index (χ1) is 14.9. The predicted molar refractivity (Wildman–Crippen MR) is 122 cm³/mol. The van der Waals surface area contributed by atoms with E-state index in [0.29, 0.717) is 31.4 Å². The van der Waals surface area contributed by atoms with Crippen LogP contribution in [0.25, 0.3) is 10.2 Å². The first kappa shape index (κ1) is 21.9. The summed E-state index contributed by atoms with van der Waals surface area (Å²) in [6.07, 6.45) is 0. The molecule has 0 spiro atoms. The molecule has 0 N–H and O–H groups in total. The van der Waals surface area contributed by atoms with E-state index in [2.05, 4.69) is 9.88 Å². The van der Waals surface area contributed by atoms with Crippen molar-refractivity contribution in [3.8, 4) is 0 Å². The number of nitrogens with zero attached hydrogens (tertiary/aromatic N) is 3. The molecule has 2 heterocycles. The number of aryl methyl sites for hydroxylation is 1. The zero-order valence-electron chi connectivity index (χ0n) is 17.4. The van der Waals surface area contributed by atoms with Crippen molar-refractivity contribution < 1.29 is 17.9 Å². The van der Waals surface area contributed by atoms with Crippen LogP contribution in [-0.4, -0.2) is 69.4 Å². The molecule has 1 aliphatic heterocycles. The van der Waals surface area contributed by atoms with Crippen LogP contribution in [0.2, 0.25) is 0 Å². The predicted octanol–water partition coefficient (Wildman–Crippen LogP) is 2.74. The minimum atomic E-state index is -3.74. The highest BCUT2D eigenvalue weighted by molar-refractivity contribution is 7.92. The molecule has 31 heavy (non-hydrogen) atoms. The van der Waals surface area contributed by atoms with Gasteiger partial charge in [0.25, 0.3) is 0 Å². The van der Waals surface area contributed by atoms with Gasteiger partial charge >= 0.3 is 0 Å². The summed E-state index contributed by atoms with van der Waals surface area (Å²) in [5.41, 5.74) is 1.92. The van der Waals surface area contributed by atoms with Gasteiger partial charge in [0, 0.05) is 26.2 Å². The number of benzene rings is 2. The van der Waals surface area contributed by atoms with E-state index in [9.17, 15) is 13.2 Å². The monoisotopic (exact) mass is 459 g/mol. The van der Waals surface area contributed by atoms with Crippen molar-refractivity contribution in [2.24, 2.45) is 0 Å². The lowest BCUT2D eigenvalue weighted by molar-refractivity contribution is -0.116. The Morgan fingerprint density at radius 3 is 2.65 bits per heavy atom. The number of fused-ring (bicyclic) bond motifs is 1. The van der Waals surface area contributed by atoms with Crippen LogP contribution in [-0.2, 0) is 19.4 Å². The summed E-state index contributed by atoms with van der Waals surface area (Å²) in [5.74, 6) is -1.05. The summed E-state index contributed by atoms with van der Waals surface area (Å²) in [6, 6.07) is 14.0. The number of carbonyl (C=O) groups is 1. The number of ether oxygens (including phenoxy) is 1. The number of aromatic nitrogens is 1. The highest BCUT2D eigenvalue weighted by Gasteiger charge is 2.27. The molecule has 164 valence electrons. The molecule has 1 saturated heterocycles. The lowest BCUT2D eigenvalue weighted by Crippen LogP contribution is -2.44. The van der Waals surface area contributed by atoms with Crippen LogP contribution in [0.1, 0.15) is 5.56 Å². The molecule has 1 fully saturated rings. The lowest BCUT2D eigenvalue weighted by Gasteiger charge is -2.29. The summed E-state index contributed by atoms with van der Waals surface area (Å²) in [4.78, 5) is 21.7. The quantitative estimate of drug-likeness (QED) is 0.541. The number of hydrogen-bond acceptors (Lipinski definition) is 7. The van der Waals surface area contributed by atoms with E-state index in [4.69, 9.17) is 4.74 Å². The molecule has 0 radical (unpaired) electrons. The van der Waals surface area contributed by atoms with Crippen molar-refractivity contribution in [1.82, 2.24) is 9.88 Å². The molecule has 0 aliphatic carbocycles. The number of rotatable bonds is 7. The number of carbonyl (C=O) groups excluding carboxylic acids is 1. The standard InChI is InChI=1S/C22H25N3O4S2/c1-17-7-8-19-20(15-17)30-22(23-19)25(10-9-24-11-13-29-14-12-24)21(26)16-31(27,28)18-5-3-2-4-6-18/h2-8,15H,9-14,16H2,1H3. The van der Waals surface area contributed by atoms with E-state index in [-0.39, 0.29) is 4.90 Å². The molecule has 4 rings (SSSR count). The second-order valence-corrected chi connectivity index (χ2v) is 10.5. The normalized spacial score (nSPS) is 15.3. The summed E-state index contributed by atoms with van der Waals surface area (Å²) in [5, 5.41) is 0.530. The highest BCUT2D eigenvalue weighted by Crippen LogP contribution is 2.30. The van der Waals surface area contributed by atoms with Gasteiger partial charge in [-0.3, -0.25) is 14.6 Å². The summed E-state index contributed by atoms with van der Waals surface area (Å²) in [6.45, 7) is 5.93. The Balaban J connectivity index is 1.59. The lowest BCUT2D eigenvalue weighted by atomic mass is 10.2. The molecular formula is C22H25N3O4S2. The van der Waals surface area contributed by atoms with Crippen LogP contribution in [0.15, 0.2) is 53.4 Å². The maximum Gasteiger partial charge on any atom is 0.244 e. The second kappa shape index (κ2) is 9.44. The fourth-order valence-electron chi connectivity index (χ4n) is 3.48. The number of hydrogen-bond donors (Lipinski definition) is 0. The summed E-state index contributed by atoms with van der Waals surface area (Å²) >= 11 is 1.41. The van der Waals surface area contributed by atoms with Crippen LogP contribution in [0.5, 0.6) is 0 Å². The van der Waals surface area contributed by atoms with Crippen molar-refractivity contribution in [1.29, 1.82) is 0 Å². The SMILES string of the molecule is Cc1ccc2nc(N(CCN3CCOCC3)C(=O)CS(=O)(=O)c3ccccc3)sc2c1. The Morgan fingerprint density at radius 1 is 1.16 bits per heavy atom. The van der Waals surface area contributed by atoms with E-state index < -0.39 is 21.5 Å². The van der Waals surface area contributed by atoms with E-state index in [1.165, 1.54) is 28.4 Å². The van der Waals surface area contributed by atoms with Gasteiger partial charge < -0.3 is 4.74 Å². The topological polar surface area (TPSA) is 79.8 Å². The van der Waals surface area contributed by atoms with Crippen LogP contribution >= 0.6 is 11.3 Å². The van der Waals surface area contributed by atoms with Crippen molar-refractivity contribution >= 4 is 42.4 Å². The van der Waals surface area contributed by atoms with Gasteiger partial charge in [0.15, 0.2) is 15.0 Å².